The van der Waals surface area contributed by atoms with E-state index in [0.29, 0.717) is 12.2 Å². The van der Waals surface area contributed by atoms with Gasteiger partial charge in [0, 0.05) is 31.9 Å². The molecule has 3 N–H and O–H groups in total. The average molecular weight is 286 g/mol. The van der Waals surface area contributed by atoms with E-state index in [-0.39, 0.29) is 5.91 Å². The first kappa shape index (κ1) is 15.1. The second-order valence-electron chi connectivity index (χ2n) is 5.73. The summed E-state index contributed by atoms with van der Waals surface area (Å²) >= 11 is 0. The highest BCUT2D eigenvalue weighted by Crippen LogP contribution is 2.24. The lowest BCUT2D eigenvalue weighted by atomic mass is 9.83. The molecule has 5 nitrogen and oxygen atoms in total. The van der Waals surface area contributed by atoms with Gasteiger partial charge in [-0.1, -0.05) is 12.1 Å². The highest BCUT2D eigenvalue weighted by molar-refractivity contribution is 5.87. The second-order valence-corrected chi connectivity index (χ2v) is 5.73. The van der Waals surface area contributed by atoms with Crippen molar-refractivity contribution in [1.29, 1.82) is 0 Å². The van der Waals surface area contributed by atoms with E-state index in [1.54, 1.807) is 4.68 Å². The molecule has 2 rings (SSSR count). The summed E-state index contributed by atoms with van der Waals surface area (Å²) in [5.74, 6) is 0.00297. The van der Waals surface area contributed by atoms with Crippen LogP contribution in [0.4, 0.5) is 5.69 Å². The van der Waals surface area contributed by atoms with E-state index in [2.05, 4.69) is 10.4 Å². The minimum absolute atomic E-state index is 0.00297. The number of aromatic nitrogens is 2. The molecule has 5 heteroatoms. The van der Waals surface area contributed by atoms with Crippen LogP contribution in [0.1, 0.15) is 25.1 Å². The van der Waals surface area contributed by atoms with Crippen LogP contribution in [-0.2, 0) is 23.7 Å². The van der Waals surface area contributed by atoms with E-state index in [4.69, 9.17) is 5.73 Å². The second kappa shape index (κ2) is 5.99. The van der Waals surface area contributed by atoms with Crippen molar-refractivity contribution in [2.24, 2.45) is 7.05 Å². The van der Waals surface area contributed by atoms with Crippen molar-refractivity contribution in [1.82, 2.24) is 15.1 Å². The molecule has 0 aliphatic carbocycles. The Balaban J connectivity index is 1.93. The van der Waals surface area contributed by atoms with Crippen LogP contribution in [0.2, 0.25) is 0 Å². The largest absolute Gasteiger partial charge is 0.399 e. The third-order valence-corrected chi connectivity index (χ3v) is 3.64. The van der Waals surface area contributed by atoms with Gasteiger partial charge in [0.1, 0.15) is 0 Å². The summed E-state index contributed by atoms with van der Waals surface area (Å²) in [5.41, 5.74) is 7.72. The molecule has 1 aromatic heterocycles. The highest BCUT2D eigenvalue weighted by atomic mass is 16.2. The van der Waals surface area contributed by atoms with Crippen LogP contribution < -0.4 is 11.1 Å². The molecule has 0 saturated heterocycles. The minimum atomic E-state index is -0.585. The van der Waals surface area contributed by atoms with Gasteiger partial charge < -0.3 is 11.1 Å². The number of anilines is 1. The zero-order valence-corrected chi connectivity index (χ0v) is 12.8. The van der Waals surface area contributed by atoms with Crippen LogP contribution in [-0.4, -0.2) is 22.2 Å². The Morgan fingerprint density at radius 1 is 1.29 bits per heavy atom. The summed E-state index contributed by atoms with van der Waals surface area (Å²) in [6, 6.07) is 9.38. The molecule has 0 spiro atoms. The summed E-state index contributed by atoms with van der Waals surface area (Å²) < 4.78 is 1.76. The van der Waals surface area contributed by atoms with Gasteiger partial charge in [0.15, 0.2) is 0 Å². The Hall–Kier alpha value is -2.30. The van der Waals surface area contributed by atoms with Gasteiger partial charge in [0.05, 0.1) is 11.1 Å². The van der Waals surface area contributed by atoms with Crippen LogP contribution in [0.15, 0.2) is 36.5 Å². The topological polar surface area (TPSA) is 72.9 Å². The maximum absolute atomic E-state index is 12.4. The van der Waals surface area contributed by atoms with Crippen LogP contribution in [0.5, 0.6) is 0 Å². The molecule has 0 bridgehead atoms. The normalized spacial score (nSPS) is 11.4. The fraction of sp³-hybridized carbons (Fsp3) is 0.375. The van der Waals surface area contributed by atoms with Crippen molar-refractivity contribution in [2.75, 3.05) is 12.3 Å². The number of nitrogen functional groups attached to an aromatic ring is 1. The number of carbonyl (C=O) groups is 1. The number of amides is 1. The van der Waals surface area contributed by atoms with E-state index in [1.165, 1.54) is 0 Å². The smallest absolute Gasteiger partial charge is 0.230 e. The molecule has 0 radical (unpaired) electrons. The number of nitrogens with two attached hydrogens (primary N) is 1. The zero-order chi connectivity index (χ0) is 15.5. The SMILES string of the molecule is Cn1ccc(CCNC(=O)C(C)(C)c2ccc(N)cc2)n1. The van der Waals surface area contributed by atoms with E-state index in [9.17, 15) is 4.79 Å². The third kappa shape index (κ3) is 3.62. The minimum Gasteiger partial charge on any atom is -0.399 e. The number of nitrogens with one attached hydrogen (secondary N) is 1. The first-order valence-electron chi connectivity index (χ1n) is 7.02. The number of aryl methyl sites for hydroxylation is 1. The summed E-state index contributed by atoms with van der Waals surface area (Å²) in [7, 11) is 1.88. The molecule has 0 aliphatic heterocycles. The van der Waals surface area contributed by atoms with Gasteiger partial charge in [-0.15, -0.1) is 0 Å². The maximum atomic E-state index is 12.4. The molecule has 112 valence electrons. The molecule has 0 aliphatic rings. The standard InChI is InChI=1S/C16H22N4O/c1-16(2,12-4-6-13(17)7-5-12)15(21)18-10-8-14-9-11-20(3)19-14/h4-7,9,11H,8,10,17H2,1-3H3,(H,18,21). The maximum Gasteiger partial charge on any atom is 0.230 e. The number of rotatable bonds is 5. The molecule has 0 unspecified atom stereocenters. The summed E-state index contributed by atoms with van der Waals surface area (Å²) in [4.78, 5) is 12.4. The molecule has 2 aromatic rings. The van der Waals surface area contributed by atoms with Gasteiger partial charge >= 0.3 is 0 Å². The quantitative estimate of drug-likeness (QED) is 0.821. The monoisotopic (exact) mass is 286 g/mol. The average Bonchev–Trinajstić information content (AvgIpc) is 2.85. The lowest BCUT2D eigenvalue weighted by molar-refractivity contribution is -0.125. The predicted octanol–water partition coefficient (Wildman–Crippen LogP) is 1.64. The molecular weight excluding hydrogens is 264 g/mol. The van der Waals surface area contributed by atoms with Crippen LogP contribution in [0.25, 0.3) is 0 Å². The molecule has 21 heavy (non-hydrogen) atoms. The summed E-state index contributed by atoms with van der Waals surface area (Å²) in [6.07, 6.45) is 2.62. The lowest BCUT2D eigenvalue weighted by Gasteiger charge is -2.24. The van der Waals surface area contributed by atoms with Gasteiger partial charge in [-0.05, 0) is 37.6 Å². The van der Waals surface area contributed by atoms with Crippen molar-refractivity contribution >= 4 is 11.6 Å². The van der Waals surface area contributed by atoms with Gasteiger partial charge in [-0.25, -0.2) is 0 Å². The Kier molecular flexibility index (Phi) is 4.31. The molecule has 1 heterocycles. The van der Waals surface area contributed by atoms with Crippen LogP contribution in [0, 0.1) is 0 Å². The third-order valence-electron chi connectivity index (χ3n) is 3.64. The fourth-order valence-corrected chi connectivity index (χ4v) is 2.15. The van der Waals surface area contributed by atoms with Crippen LogP contribution >= 0.6 is 0 Å². The van der Waals surface area contributed by atoms with E-state index in [1.807, 2.05) is 57.4 Å². The van der Waals surface area contributed by atoms with Gasteiger partial charge in [0.2, 0.25) is 5.91 Å². The zero-order valence-electron chi connectivity index (χ0n) is 12.8. The number of benzene rings is 1. The van der Waals surface area contributed by atoms with Crippen LogP contribution in [0.3, 0.4) is 0 Å². The first-order valence-corrected chi connectivity index (χ1v) is 7.02. The number of nitrogens with zero attached hydrogens (tertiary/aromatic N) is 2. The fourth-order valence-electron chi connectivity index (χ4n) is 2.15. The molecule has 0 saturated carbocycles. The number of carbonyl (C=O) groups excluding carboxylic acids is 1. The van der Waals surface area contributed by atoms with Crippen molar-refractivity contribution in [3.8, 4) is 0 Å². The van der Waals surface area contributed by atoms with Crippen molar-refractivity contribution in [2.45, 2.75) is 25.7 Å². The van der Waals surface area contributed by atoms with E-state index in [0.717, 1.165) is 17.7 Å². The van der Waals surface area contributed by atoms with Crippen molar-refractivity contribution in [3.63, 3.8) is 0 Å². The highest BCUT2D eigenvalue weighted by Gasteiger charge is 2.29. The number of hydrogen-bond donors (Lipinski definition) is 2. The van der Waals surface area contributed by atoms with Gasteiger partial charge in [0.25, 0.3) is 0 Å². The van der Waals surface area contributed by atoms with Gasteiger partial charge in [-0.3, -0.25) is 9.48 Å². The summed E-state index contributed by atoms with van der Waals surface area (Å²) in [5, 5.41) is 7.26. The Bertz CT molecular complexity index is 613. The lowest BCUT2D eigenvalue weighted by Crippen LogP contribution is -2.40. The molecule has 0 fully saturated rings. The molecule has 1 amide bonds. The first-order chi connectivity index (χ1) is 9.89. The number of hydrogen-bond acceptors (Lipinski definition) is 3. The molecular formula is C16H22N4O. The Morgan fingerprint density at radius 2 is 1.95 bits per heavy atom. The van der Waals surface area contributed by atoms with Crippen molar-refractivity contribution < 1.29 is 4.79 Å². The predicted molar refractivity (Wildman–Crippen MR) is 83.8 cm³/mol. The molecule has 0 atom stereocenters. The van der Waals surface area contributed by atoms with E-state index >= 15 is 0 Å². The van der Waals surface area contributed by atoms with Gasteiger partial charge in [-0.2, -0.15) is 5.10 Å². The molecule has 1 aromatic carbocycles. The Morgan fingerprint density at radius 3 is 2.52 bits per heavy atom. The van der Waals surface area contributed by atoms with E-state index < -0.39 is 5.41 Å². The summed E-state index contributed by atoms with van der Waals surface area (Å²) in [6.45, 7) is 4.40. The van der Waals surface area contributed by atoms with Crippen molar-refractivity contribution in [3.05, 3.63) is 47.8 Å². The Labute approximate surface area is 125 Å².